The van der Waals surface area contributed by atoms with Gasteiger partial charge in [0.1, 0.15) is 5.82 Å². The van der Waals surface area contributed by atoms with Crippen LogP contribution >= 0.6 is 34.2 Å². The zero-order valence-corrected chi connectivity index (χ0v) is 22.6. The summed E-state index contributed by atoms with van der Waals surface area (Å²) >= 11 is 8.51. The summed E-state index contributed by atoms with van der Waals surface area (Å²) in [5, 5.41) is 6.05. The van der Waals surface area contributed by atoms with Gasteiger partial charge in [-0.05, 0) is 46.4 Å². The van der Waals surface area contributed by atoms with E-state index in [1.165, 1.54) is 6.07 Å². The molecule has 0 bridgehead atoms. The number of nitrogens with two attached hydrogens (primary N) is 1. The topological polar surface area (TPSA) is 99.4 Å². The van der Waals surface area contributed by atoms with Gasteiger partial charge in [0.05, 0.1) is 0 Å². The number of nitrogens with one attached hydrogen (secondary N) is 2. The highest BCUT2D eigenvalue weighted by molar-refractivity contribution is 14.1. The van der Waals surface area contributed by atoms with Gasteiger partial charge in [0.25, 0.3) is 5.91 Å². The van der Waals surface area contributed by atoms with Crippen molar-refractivity contribution in [3.8, 4) is 0 Å². The maximum Gasteiger partial charge on any atom is 0.273 e. The minimum Gasteiger partial charge on any atom is -0.382 e. The number of hydrogen-bond donors (Lipinski definition) is 3. The Kier molecular flexibility index (Phi) is 9.30. The van der Waals surface area contributed by atoms with Crippen molar-refractivity contribution in [1.29, 1.82) is 0 Å². The largest absolute Gasteiger partial charge is 0.382 e. The quantitative estimate of drug-likeness (QED) is 0.313. The van der Waals surface area contributed by atoms with Crippen molar-refractivity contribution in [3.63, 3.8) is 0 Å². The molecule has 3 aromatic rings. The first-order chi connectivity index (χ1) is 17.4. The molecule has 0 unspecified atom stereocenters. The molecule has 4 N–H and O–H groups in total. The molecule has 1 aromatic heterocycles. The molecule has 1 saturated heterocycles. The van der Waals surface area contributed by atoms with Crippen LogP contribution < -0.4 is 16.4 Å². The maximum absolute atomic E-state index is 13.9. The Balaban J connectivity index is 1.22. The third kappa shape index (κ3) is 7.25. The van der Waals surface area contributed by atoms with Crippen LogP contribution in [0.4, 0.5) is 16.0 Å². The lowest BCUT2D eigenvalue weighted by molar-refractivity contribution is 0.0929. The smallest absolute Gasteiger partial charge is 0.273 e. The van der Waals surface area contributed by atoms with Gasteiger partial charge in [0.15, 0.2) is 22.5 Å². The fourth-order valence-electron chi connectivity index (χ4n) is 3.95. The van der Waals surface area contributed by atoms with Gasteiger partial charge in [-0.25, -0.2) is 14.4 Å². The minimum atomic E-state index is -0.413. The van der Waals surface area contributed by atoms with Gasteiger partial charge in [-0.3, -0.25) is 14.6 Å². The molecule has 1 fully saturated rings. The van der Waals surface area contributed by atoms with E-state index in [1.807, 2.05) is 36.4 Å². The fourth-order valence-corrected chi connectivity index (χ4v) is 4.50. The summed E-state index contributed by atoms with van der Waals surface area (Å²) in [6.07, 6.45) is 0. The van der Waals surface area contributed by atoms with Crippen LogP contribution in [0.25, 0.3) is 0 Å². The fraction of sp³-hybridized carbons (Fsp3) is 0.320. The summed E-state index contributed by atoms with van der Waals surface area (Å²) in [6, 6.07) is 14.9. The van der Waals surface area contributed by atoms with Gasteiger partial charge >= 0.3 is 0 Å². The Morgan fingerprint density at radius 2 is 1.75 bits per heavy atom. The van der Waals surface area contributed by atoms with E-state index in [1.54, 1.807) is 6.07 Å². The standard InChI is InChI=1S/C25H28ClFIN7O/c26-22-24(31-15-17-5-7-19(28)8-6-17)33-23(29)21(32-22)25(36)30-9-10-34-11-13-35(14-12-34)16-18-3-1-2-4-20(18)27/h1-8H,9-16H2,(H,30,36)(H3,29,31,33). The predicted molar refractivity (Wildman–Crippen MR) is 148 cm³/mol. The summed E-state index contributed by atoms with van der Waals surface area (Å²) < 4.78 is 15.0. The van der Waals surface area contributed by atoms with E-state index < -0.39 is 5.91 Å². The molecular formula is C25H28ClFIN7O. The average Bonchev–Trinajstić information content (AvgIpc) is 2.87. The van der Waals surface area contributed by atoms with Crippen molar-refractivity contribution in [2.45, 2.75) is 13.1 Å². The number of piperazine rings is 1. The van der Waals surface area contributed by atoms with E-state index in [0.717, 1.165) is 35.3 Å². The molecule has 0 aliphatic carbocycles. The first-order valence-electron chi connectivity index (χ1n) is 11.7. The molecule has 2 heterocycles. The van der Waals surface area contributed by atoms with E-state index in [0.29, 0.717) is 37.6 Å². The Labute approximate surface area is 228 Å². The highest BCUT2D eigenvalue weighted by Crippen LogP contribution is 2.21. The normalized spacial score (nSPS) is 14.5. The monoisotopic (exact) mass is 623 g/mol. The number of carbonyl (C=O) groups excluding carboxylic acids is 1. The SMILES string of the molecule is Nc1nc(NCc2ccc(I)cc2)c(Cl)nc1C(=O)NCCN1CCN(Cc2ccccc2F)CC1. The van der Waals surface area contributed by atoms with E-state index in [2.05, 4.69) is 53.0 Å². The predicted octanol–water partition coefficient (Wildman–Crippen LogP) is 3.62. The number of anilines is 2. The van der Waals surface area contributed by atoms with Crippen molar-refractivity contribution in [2.24, 2.45) is 0 Å². The summed E-state index contributed by atoms with van der Waals surface area (Å²) in [4.78, 5) is 25.5. The molecule has 11 heteroatoms. The second kappa shape index (κ2) is 12.6. The number of nitrogen functional groups attached to an aromatic ring is 1. The van der Waals surface area contributed by atoms with Gasteiger partial charge in [0.2, 0.25) is 0 Å². The zero-order valence-electron chi connectivity index (χ0n) is 19.7. The second-order valence-electron chi connectivity index (χ2n) is 8.54. The Morgan fingerprint density at radius 3 is 2.47 bits per heavy atom. The zero-order chi connectivity index (χ0) is 25.5. The van der Waals surface area contributed by atoms with Crippen LogP contribution in [0.1, 0.15) is 21.6 Å². The number of amides is 1. The average molecular weight is 624 g/mol. The van der Waals surface area contributed by atoms with Crippen molar-refractivity contribution >= 4 is 51.7 Å². The number of halogens is 3. The molecular weight excluding hydrogens is 596 g/mol. The van der Waals surface area contributed by atoms with E-state index in [-0.39, 0.29) is 22.5 Å². The molecule has 36 heavy (non-hydrogen) atoms. The van der Waals surface area contributed by atoms with Crippen molar-refractivity contribution in [2.75, 3.05) is 50.3 Å². The van der Waals surface area contributed by atoms with Gasteiger partial charge in [-0.2, -0.15) is 0 Å². The molecule has 1 aliphatic rings. The summed E-state index contributed by atoms with van der Waals surface area (Å²) in [5.41, 5.74) is 7.79. The number of aromatic nitrogens is 2. The van der Waals surface area contributed by atoms with Crippen molar-refractivity contribution in [3.05, 3.63) is 79.9 Å². The first kappa shape index (κ1) is 26.5. The Hall–Kier alpha value is -2.54. The first-order valence-corrected chi connectivity index (χ1v) is 13.1. The van der Waals surface area contributed by atoms with E-state index in [4.69, 9.17) is 17.3 Å². The molecule has 0 atom stereocenters. The summed E-state index contributed by atoms with van der Waals surface area (Å²) in [5.74, 6) is -0.231. The highest BCUT2D eigenvalue weighted by Gasteiger charge is 2.20. The van der Waals surface area contributed by atoms with Crippen LogP contribution in [-0.4, -0.2) is 64.9 Å². The van der Waals surface area contributed by atoms with Crippen molar-refractivity contribution < 1.29 is 9.18 Å². The molecule has 8 nitrogen and oxygen atoms in total. The molecule has 0 radical (unpaired) electrons. The third-order valence-corrected chi connectivity index (χ3v) is 6.98. The number of benzene rings is 2. The van der Waals surface area contributed by atoms with Gasteiger partial charge in [-0.1, -0.05) is 41.9 Å². The lowest BCUT2D eigenvalue weighted by atomic mass is 10.2. The molecule has 2 aromatic carbocycles. The number of nitrogens with zero attached hydrogens (tertiary/aromatic N) is 4. The van der Waals surface area contributed by atoms with Crippen LogP contribution in [0.15, 0.2) is 48.5 Å². The van der Waals surface area contributed by atoms with Crippen LogP contribution in [0, 0.1) is 9.39 Å². The van der Waals surface area contributed by atoms with Crippen molar-refractivity contribution in [1.82, 2.24) is 25.1 Å². The number of rotatable bonds is 9. The van der Waals surface area contributed by atoms with Crippen LogP contribution in [0.3, 0.4) is 0 Å². The number of hydrogen-bond acceptors (Lipinski definition) is 7. The molecule has 190 valence electrons. The molecule has 1 aliphatic heterocycles. The lowest BCUT2D eigenvalue weighted by Crippen LogP contribution is -2.48. The molecule has 0 spiro atoms. The molecule has 4 rings (SSSR count). The summed E-state index contributed by atoms with van der Waals surface area (Å²) in [6.45, 7) is 5.61. The maximum atomic E-state index is 13.9. The molecule has 0 saturated carbocycles. The van der Waals surface area contributed by atoms with Crippen LogP contribution in [-0.2, 0) is 13.1 Å². The Morgan fingerprint density at radius 1 is 1.06 bits per heavy atom. The second-order valence-corrected chi connectivity index (χ2v) is 10.1. The van der Waals surface area contributed by atoms with Gasteiger partial charge in [-0.15, -0.1) is 0 Å². The highest BCUT2D eigenvalue weighted by atomic mass is 127. The van der Waals surface area contributed by atoms with Gasteiger partial charge in [0, 0.05) is 61.5 Å². The van der Waals surface area contributed by atoms with Crippen LogP contribution in [0.2, 0.25) is 5.15 Å². The Bertz CT molecular complexity index is 1190. The molecule has 1 amide bonds. The van der Waals surface area contributed by atoms with Gasteiger partial charge < -0.3 is 16.4 Å². The number of carbonyl (C=O) groups is 1. The van der Waals surface area contributed by atoms with E-state index >= 15 is 0 Å². The van der Waals surface area contributed by atoms with E-state index in [9.17, 15) is 9.18 Å². The minimum absolute atomic E-state index is 0.00882. The summed E-state index contributed by atoms with van der Waals surface area (Å²) in [7, 11) is 0. The third-order valence-electron chi connectivity index (χ3n) is 6.00. The lowest BCUT2D eigenvalue weighted by Gasteiger charge is -2.34. The van der Waals surface area contributed by atoms with Crippen LogP contribution in [0.5, 0.6) is 0 Å².